The molecule has 0 aromatic carbocycles. The molecule has 1 N–H and O–H groups in total. The van der Waals surface area contributed by atoms with E-state index in [0.717, 1.165) is 29.0 Å². The summed E-state index contributed by atoms with van der Waals surface area (Å²) in [5.41, 5.74) is 1.26. The quantitative estimate of drug-likeness (QED) is 0.860. The van der Waals surface area contributed by atoms with Gasteiger partial charge in [0.1, 0.15) is 0 Å². The molecule has 0 atom stereocenters. The summed E-state index contributed by atoms with van der Waals surface area (Å²) in [6.45, 7) is 5.26. The van der Waals surface area contributed by atoms with Gasteiger partial charge < -0.3 is 5.32 Å². The van der Waals surface area contributed by atoms with Crippen LogP contribution in [-0.4, -0.2) is 20.3 Å². The molecule has 0 unspecified atom stereocenters. The second kappa shape index (κ2) is 4.85. The van der Waals surface area contributed by atoms with Gasteiger partial charge in [0.25, 0.3) is 0 Å². The minimum Gasteiger partial charge on any atom is -0.306 e. The van der Waals surface area contributed by atoms with Crippen LogP contribution in [0.4, 0.5) is 0 Å². The van der Waals surface area contributed by atoms with E-state index in [0.29, 0.717) is 0 Å². The molecular formula is C11H16BrN3S. The second-order valence-electron chi connectivity index (χ2n) is 4.50. The first-order valence-corrected chi connectivity index (χ1v) is 7.33. The third-order valence-electron chi connectivity index (χ3n) is 2.61. The molecule has 0 amide bonds. The number of hydrogen-bond acceptors (Lipinski definition) is 3. The van der Waals surface area contributed by atoms with Crippen molar-refractivity contribution in [1.82, 2.24) is 14.7 Å². The fraction of sp³-hybridized carbons (Fsp3) is 0.545. The Hall–Kier alpha value is -0.390. The lowest BCUT2D eigenvalue weighted by molar-refractivity contribution is 0.376. The predicted octanol–water partition coefficient (Wildman–Crippen LogP) is 3.05. The lowest BCUT2D eigenvalue weighted by atomic mass is 10.0. The number of thiazole rings is 1. The monoisotopic (exact) mass is 301 g/mol. The molecule has 2 aromatic rings. The molecule has 2 aromatic heterocycles. The number of nitrogens with one attached hydrogen (secondary N) is 1. The molecule has 5 heteroatoms. The van der Waals surface area contributed by atoms with Crippen molar-refractivity contribution in [3.05, 3.63) is 23.5 Å². The molecule has 2 heterocycles. The van der Waals surface area contributed by atoms with E-state index >= 15 is 0 Å². The molecule has 88 valence electrons. The van der Waals surface area contributed by atoms with Gasteiger partial charge in [-0.05, 0) is 20.3 Å². The van der Waals surface area contributed by atoms with Gasteiger partial charge >= 0.3 is 0 Å². The summed E-state index contributed by atoms with van der Waals surface area (Å²) in [7, 11) is 0. The SMILES string of the molecule is CC(C)(CCBr)NCc1cn2ccsc2n1. The summed E-state index contributed by atoms with van der Waals surface area (Å²) in [5, 5.41) is 6.59. The van der Waals surface area contributed by atoms with E-state index in [1.165, 1.54) is 0 Å². The van der Waals surface area contributed by atoms with Crippen molar-refractivity contribution in [1.29, 1.82) is 0 Å². The number of aromatic nitrogens is 2. The number of hydrogen-bond donors (Lipinski definition) is 1. The Morgan fingerprint density at radius 1 is 1.56 bits per heavy atom. The van der Waals surface area contributed by atoms with E-state index in [1.807, 2.05) is 11.6 Å². The van der Waals surface area contributed by atoms with Crippen molar-refractivity contribution in [3.63, 3.8) is 0 Å². The predicted molar refractivity (Wildman–Crippen MR) is 72.4 cm³/mol. The van der Waals surface area contributed by atoms with E-state index in [-0.39, 0.29) is 5.54 Å². The molecule has 3 nitrogen and oxygen atoms in total. The van der Waals surface area contributed by atoms with Crippen LogP contribution in [0.3, 0.4) is 0 Å². The van der Waals surface area contributed by atoms with Crippen LogP contribution >= 0.6 is 27.3 Å². The number of imidazole rings is 1. The van der Waals surface area contributed by atoms with Crippen molar-refractivity contribution >= 4 is 32.2 Å². The minimum absolute atomic E-state index is 0.153. The average Bonchev–Trinajstić information content (AvgIpc) is 2.73. The topological polar surface area (TPSA) is 29.3 Å². The van der Waals surface area contributed by atoms with E-state index < -0.39 is 0 Å². The zero-order valence-corrected chi connectivity index (χ0v) is 11.9. The summed E-state index contributed by atoms with van der Waals surface area (Å²) in [5.74, 6) is 0. The number of fused-ring (bicyclic) bond motifs is 1. The first-order valence-electron chi connectivity index (χ1n) is 5.33. The summed E-state index contributed by atoms with van der Waals surface area (Å²) in [4.78, 5) is 5.61. The molecular weight excluding hydrogens is 286 g/mol. The van der Waals surface area contributed by atoms with Crippen molar-refractivity contribution in [2.75, 3.05) is 5.33 Å². The van der Waals surface area contributed by atoms with Gasteiger partial charge in [0.05, 0.1) is 5.69 Å². The van der Waals surface area contributed by atoms with Gasteiger partial charge in [0, 0.05) is 35.2 Å². The Morgan fingerprint density at radius 3 is 3.06 bits per heavy atom. The summed E-state index contributed by atoms with van der Waals surface area (Å²) >= 11 is 5.14. The van der Waals surface area contributed by atoms with Crippen LogP contribution in [-0.2, 0) is 6.54 Å². The lowest BCUT2D eigenvalue weighted by Gasteiger charge is -2.24. The molecule has 0 aliphatic heterocycles. The van der Waals surface area contributed by atoms with Crippen molar-refractivity contribution in [3.8, 4) is 0 Å². The molecule has 0 radical (unpaired) electrons. The van der Waals surface area contributed by atoms with E-state index in [1.54, 1.807) is 11.3 Å². The molecule has 16 heavy (non-hydrogen) atoms. The first-order chi connectivity index (χ1) is 7.61. The smallest absolute Gasteiger partial charge is 0.193 e. The maximum Gasteiger partial charge on any atom is 0.193 e. The van der Waals surface area contributed by atoms with Crippen LogP contribution in [0.1, 0.15) is 26.0 Å². The fourth-order valence-corrected chi connectivity index (χ4v) is 3.23. The fourth-order valence-electron chi connectivity index (χ4n) is 1.52. The third-order valence-corrected chi connectivity index (χ3v) is 3.78. The molecule has 0 saturated carbocycles. The van der Waals surface area contributed by atoms with E-state index in [4.69, 9.17) is 0 Å². The highest BCUT2D eigenvalue weighted by atomic mass is 79.9. The largest absolute Gasteiger partial charge is 0.306 e. The number of nitrogens with zero attached hydrogens (tertiary/aromatic N) is 2. The molecule has 0 fully saturated rings. The van der Waals surface area contributed by atoms with Gasteiger partial charge in [-0.25, -0.2) is 4.98 Å². The van der Waals surface area contributed by atoms with Crippen LogP contribution in [0.25, 0.3) is 4.96 Å². The highest BCUT2D eigenvalue weighted by Crippen LogP contribution is 2.14. The molecule has 0 spiro atoms. The van der Waals surface area contributed by atoms with Crippen LogP contribution in [0, 0.1) is 0 Å². The highest BCUT2D eigenvalue weighted by Gasteiger charge is 2.16. The Balaban J connectivity index is 1.97. The van der Waals surface area contributed by atoms with Gasteiger partial charge in [-0.3, -0.25) is 4.40 Å². The van der Waals surface area contributed by atoms with E-state index in [2.05, 4.69) is 50.7 Å². The first kappa shape index (κ1) is 12.1. The maximum absolute atomic E-state index is 4.54. The molecule has 0 aliphatic rings. The van der Waals surface area contributed by atoms with Gasteiger partial charge in [0.2, 0.25) is 0 Å². The van der Waals surface area contributed by atoms with E-state index in [9.17, 15) is 0 Å². The van der Waals surface area contributed by atoms with Gasteiger partial charge in [-0.1, -0.05) is 15.9 Å². The number of rotatable bonds is 5. The van der Waals surface area contributed by atoms with Crippen LogP contribution in [0.5, 0.6) is 0 Å². The number of alkyl halides is 1. The third kappa shape index (κ3) is 2.84. The zero-order valence-electron chi connectivity index (χ0n) is 9.53. The maximum atomic E-state index is 4.54. The zero-order chi connectivity index (χ0) is 11.6. The number of halogens is 1. The van der Waals surface area contributed by atoms with Crippen molar-refractivity contribution in [2.24, 2.45) is 0 Å². The molecule has 0 aliphatic carbocycles. The van der Waals surface area contributed by atoms with Gasteiger partial charge in [-0.15, -0.1) is 11.3 Å². The van der Waals surface area contributed by atoms with Crippen LogP contribution in [0.15, 0.2) is 17.8 Å². The Morgan fingerprint density at radius 2 is 2.38 bits per heavy atom. The molecule has 0 saturated heterocycles. The van der Waals surface area contributed by atoms with Crippen molar-refractivity contribution in [2.45, 2.75) is 32.4 Å². The second-order valence-corrected chi connectivity index (χ2v) is 6.17. The highest BCUT2D eigenvalue weighted by molar-refractivity contribution is 9.09. The summed E-state index contributed by atoms with van der Waals surface area (Å²) < 4.78 is 2.07. The summed E-state index contributed by atoms with van der Waals surface area (Å²) in [6, 6.07) is 0. The Labute approximate surface area is 108 Å². The lowest BCUT2D eigenvalue weighted by Crippen LogP contribution is -2.39. The standard InChI is InChI=1S/C11H16BrN3S/c1-11(2,3-4-12)13-7-9-8-15-5-6-16-10(15)14-9/h5-6,8,13H,3-4,7H2,1-2H3. The van der Waals surface area contributed by atoms with Crippen LogP contribution < -0.4 is 5.32 Å². The van der Waals surface area contributed by atoms with Gasteiger partial charge in [0.15, 0.2) is 4.96 Å². The van der Waals surface area contributed by atoms with Crippen molar-refractivity contribution < 1.29 is 0 Å². The molecule has 0 bridgehead atoms. The normalized spacial score (nSPS) is 12.4. The summed E-state index contributed by atoms with van der Waals surface area (Å²) in [6.07, 6.45) is 5.23. The van der Waals surface area contributed by atoms with Crippen LogP contribution in [0.2, 0.25) is 0 Å². The Kier molecular flexibility index (Phi) is 3.66. The minimum atomic E-state index is 0.153. The van der Waals surface area contributed by atoms with Gasteiger partial charge in [-0.2, -0.15) is 0 Å². The Bertz CT molecular complexity index is 432. The average molecular weight is 302 g/mol. The molecule has 2 rings (SSSR count).